The van der Waals surface area contributed by atoms with Crippen LogP contribution in [0.25, 0.3) is 11.0 Å². The minimum absolute atomic E-state index is 0.0139. The monoisotopic (exact) mass is 473 g/mol. The summed E-state index contributed by atoms with van der Waals surface area (Å²) in [5.74, 6) is -0.411. The first kappa shape index (κ1) is 17.5. The summed E-state index contributed by atoms with van der Waals surface area (Å²) < 4.78 is 6.69. The molecule has 0 spiro atoms. The standard InChI is InChI=1S/C19H9BrClN3O3S/c20-10-3-1-2-9(6-10)15-14-16(25)12-7-11(21)4-5-13(12)27-17(14)18(26)24(15)19-23-22-8-28-19/h1-8,15H/t15-/m0/s1. The van der Waals surface area contributed by atoms with Crippen molar-refractivity contribution in [3.8, 4) is 0 Å². The molecule has 0 saturated heterocycles. The molecule has 3 heterocycles. The molecular weight excluding hydrogens is 466 g/mol. The molecule has 0 fully saturated rings. The van der Waals surface area contributed by atoms with Gasteiger partial charge in [-0.25, -0.2) is 0 Å². The van der Waals surface area contributed by atoms with Gasteiger partial charge in [0.15, 0.2) is 5.43 Å². The number of halogens is 2. The number of hydrogen-bond acceptors (Lipinski definition) is 6. The summed E-state index contributed by atoms with van der Waals surface area (Å²) in [5.41, 5.74) is 2.59. The Labute approximate surface area is 175 Å². The van der Waals surface area contributed by atoms with Crippen LogP contribution in [0.3, 0.4) is 0 Å². The van der Waals surface area contributed by atoms with E-state index >= 15 is 0 Å². The summed E-state index contributed by atoms with van der Waals surface area (Å²) in [6, 6.07) is 11.5. The van der Waals surface area contributed by atoms with Crippen molar-refractivity contribution in [3.63, 3.8) is 0 Å². The van der Waals surface area contributed by atoms with Gasteiger partial charge in [0.05, 0.1) is 17.0 Å². The normalized spacial score (nSPS) is 16.0. The van der Waals surface area contributed by atoms with Gasteiger partial charge >= 0.3 is 0 Å². The highest BCUT2D eigenvalue weighted by Gasteiger charge is 2.45. The van der Waals surface area contributed by atoms with Crippen LogP contribution in [0, 0.1) is 0 Å². The molecule has 28 heavy (non-hydrogen) atoms. The third-order valence-corrected chi connectivity index (χ3v) is 5.97. The average Bonchev–Trinajstić information content (AvgIpc) is 3.29. The fraction of sp³-hybridized carbons (Fsp3) is 0.0526. The van der Waals surface area contributed by atoms with Crippen molar-refractivity contribution in [1.29, 1.82) is 0 Å². The number of anilines is 1. The van der Waals surface area contributed by atoms with Crippen LogP contribution >= 0.6 is 38.9 Å². The maximum atomic E-state index is 13.4. The average molecular weight is 475 g/mol. The second kappa shape index (κ2) is 6.51. The quantitative estimate of drug-likeness (QED) is 0.417. The molecule has 0 unspecified atom stereocenters. The molecule has 0 saturated carbocycles. The molecule has 5 rings (SSSR count). The van der Waals surface area contributed by atoms with Gasteiger partial charge in [-0.2, -0.15) is 0 Å². The van der Waals surface area contributed by atoms with Crippen LogP contribution in [0.15, 0.2) is 61.7 Å². The number of carbonyl (C=O) groups excluding carboxylic acids is 1. The molecule has 0 bridgehead atoms. The number of hydrogen-bond donors (Lipinski definition) is 0. The lowest BCUT2D eigenvalue weighted by atomic mass is 9.99. The van der Waals surface area contributed by atoms with Crippen LogP contribution in [0.4, 0.5) is 5.13 Å². The van der Waals surface area contributed by atoms with Gasteiger partial charge in [-0.3, -0.25) is 14.5 Å². The van der Waals surface area contributed by atoms with Crippen molar-refractivity contribution in [1.82, 2.24) is 10.2 Å². The highest BCUT2D eigenvalue weighted by Crippen LogP contribution is 2.42. The summed E-state index contributed by atoms with van der Waals surface area (Å²) >= 11 is 10.7. The smallest absolute Gasteiger partial charge is 0.297 e. The third kappa shape index (κ3) is 2.60. The van der Waals surface area contributed by atoms with Crippen LogP contribution < -0.4 is 10.3 Å². The topological polar surface area (TPSA) is 76.3 Å². The Kier molecular flexibility index (Phi) is 4.08. The summed E-state index contributed by atoms with van der Waals surface area (Å²) in [5, 5.41) is 9.02. The molecule has 0 aliphatic carbocycles. The molecular formula is C19H9BrClN3O3S. The van der Waals surface area contributed by atoms with E-state index in [-0.39, 0.29) is 16.8 Å². The number of aromatic nitrogens is 2. The molecule has 9 heteroatoms. The third-order valence-electron chi connectivity index (χ3n) is 4.55. The molecule has 0 N–H and O–H groups in total. The number of benzene rings is 2. The lowest BCUT2D eigenvalue weighted by molar-refractivity contribution is 0.0970. The van der Waals surface area contributed by atoms with Crippen molar-refractivity contribution in [2.24, 2.45) is 0 Å². The SMILES string of the molecule is O=C1c2oc3ccc(Cl)cc3c(=O)c2[C@H](c2cccc(Br)c2)N1c1nncs1. The molecule has 1 aliphatic rings. The van der Waals surface area contributed by atoms with E-state index in [1.807, 2.05) is 24.3 Å². The Morgan fingerprint density at radius 2 is 2.04 bits per heavy atom. The zero-order valence-corrected chi connectivity index (χ0v) is 17.1. The molecule has 6 nitrogen and oxygen atoms in total. The highest BCUT2D eigenvalue weighted by molar-refractivity contribution is 9.10. The molecule has 0 radical (unpaired) electrons. The Hall–Kier alpha value is -2.55. The van der Waals surface area contributed by atoms with E-state index in [9.17, 15) is 9.59 Å². The number of nitrogens with zero attached hydrogens (tertiary/aromatic N) is 3. The van der Waals surface area contributed by atoms with Gasteiger partial charge in [0, 0.05) is 9.50 Å². The molecule has 2 aromatic carbocycles. The lowest BCUT2D eigenvalue weighted by Gasteiger charge is -2.22. The van der Waals surface area contributed by atoms with Crippen LogP contribution in [0.1, 0.15) is 27.7 Å². The minimum Gasteiger partial charge on any atom is -0.450 e. The van der Waals surface area contributed by atoms with E-state index in [2.05, 4.69) is 26.1 Å². The van der Waals surface area contributed by atoms with E-state index in [4.69, 9.17) is 16.0 Å². The summed E-state index contributed by atoms with van der Waals surface area (Å²) in [6.07, 6.45) is 0. The van der Waals surface area contributed by atoms with Crippen molar-refractivity contribution < 1.29 is 9.21 Å². The summed E-state index contributed by atoms with van der Waals surface area (Å²) in [6.45, 7) is 0. The minimum atomic E-state index is -0.674. The molecule has 1 aliphatic heterocycles. The Morgan fingerprint density at radius 1 is 1.18 bits per heavy atom. The number of amides is 1. The van der Waals surface area contributed by atoms with Crippen molar-refractivity contribution in [2.45, 2.75) is 6.04 Å². The van der Waals surface area contributed by atoms with E-state index in [1.165, 1.54) is 21.7 Å². The van der Waals surface area contributed by atoms with E-state index < -0.39 is 11.9 Å². The van der Waals surface area contributed by atoms with Gasteiger partial charge in [-0.15, -0.1) is 10.2 Å². The Balaban J connectivity index is 1.85. The first-order chi connectivity index (χ1) is 13.5. The van der Waals surface area contributed by atoms with Crippen LogP contribution in [0.2, 0.25) is 5.02 Å². The van der Waals surface area contributed by atoms with Gasteiger partial charge in [0.1, 0.15) is 11.1 Å². The second-order valence-electron chi connectivity index (χ2n) is 6.17. The van der Waals surface area contributed by atoms with E-state index in [1.54, 1.807) is 18.2 Å². The van der Waals surface area contributed by atoms with Crippen LogP contribution in [0.5, 0.6) is 0 Å². The first-order valence-corrected chi connectivity index (χ1v) is 10.2. The van der Waals surface area contributed by atoms with Gasteiger partial charge in [0.2, 0.25) is 10.9 Å². The van der Waals surface area contributed by atoms with E-state index in [0.29, 0.717) is 21.1 Å². The molecule has 4 aromatic rings. The first-order valence-electron chi connectivity index (χ1n) is 8.16. The molecule has 1 atom stereocenters. The number of carbonyl (C=O) groups is 1. The van der Waals surface area contributed by atoms with Gasteiger partial charge in [0.25, 0.3) is 5.91 Å². The van der Waals surface area contributed by atoms with Crippen molar-refractivity contribution in [3.05, 3.63) is 84.6 Å². The largest absolute Gasteiger partial charge is 0.450 e. The Morgan fingerprint density at radius 3 is 2.79 bits per heavy atom. The fourth-order valence-corrected chi connectivity index (χ4v) is 4.58. The zero-order chi connectivity index (χ0) is 19.4. The molecule has 2 aromatic heterocycles. The number of rotatable bonds is 2. The van der Waals surface area contributed by atoms with E-state index in [0.717, 1.165) is 10.0 Å². The maximum Gasteiger partial charge on any atom is 0.297 e. The maximum absolute atomic E-state index is 13.4. The number of fused-ring (bicyclic) bond motifs is 2. The second-order valence-corrected chi connectivity index (χ2v) is 8.33. The van der Waals surface area contributed by atoms with Gasteiger partial charge in [-0.1, -0.05) is 51.0 Å². The highest BCUT2D eigenvalue weighted by atomic mass is 79.9. The summed E-state index contributed by atoms with van der Waals surface area (Å²) in [4.78, 5) is 28.0. The predicted molar refractivity (Wildman–Crippen MR) is 110 cm³/mol. The summed E-state index contributed by atoms with van der Waals surface area (Å²) in [7, 11) is 0. The molecule has 1 amide bonds. The zero-order valence-electron chi connectivity index (χ0n) is 13.9. The fourth-order valence-electron chi connectivity index (χ4n) is 3.41. The molecule has 138 valence electrons. The van der Waals surface area contributed by atoms with Gasteiger partial charge < -0.3 is 4.42 Å². The van der Waals surface area contributed by atoms with Gasteiger partial charge in [-0.05, 0) is 35.9 Å². The Bertz CT molecular complexity index is 1310. The van der Waals surface area contributed by atoms with Crippen LogP contribution in [-0.2, 0) is 0 Å². The van der Waals surface area contributed by atoms with Crippen molar-refractivity contribution >= 4 is 60.9 Å². The van der Waals surface area contributed by atoms with Crippen molar-refractivity contribution in [2.75, 3.05) is 4.90 Å². The predicted octanol–water partition coefficient (Wildman–Crippen LogP) is 4.81. The van der Waals surface area contributed by atoms with Crippen LogP contribution in [-0.4, -0.2) is 16.1 Å². The lowest BCUT2D eigenvalue weighted by Crippen LogP contribution is -2.29.